The van der Waals surface area contributed by atoms with Crippen LogP contribution in [0.5, 0.6) is 0 Å². The van der Waals surface area contributed by atoms with E-state index in [4.69, 9.17) is 0 Å². The van der Waals surface area contributed by atoms with E-state index in [-0.39, 0.29) is 0 Å². The van der Waals surface area contributed by atoms with Crippen molar-refractivity contribution in [3.05, 3.63) is 0 Å². The second-order valence-corrected chi connectivity index (χ2v) is 8.28. The Morgan fingerprint density at radius 1 is 1.00 bits per heavy atom. The van der Waals surface area contributed by atoms with Gasteiger partial charge in [0.1, 0.15) is 0 Å². The molecule has 2 rings (SSSR count). The maximum atomic E-state index is 2.71. The van der Waals surface area contributed by atoms with Gasteiger partial charge in [0.2, 0.25) is 0 Å². The van der Waals surface area contributed by atoms with Crippen LogP contribution >= 0.6 is 0 Å². The molecule has 2 saturated heterocycles. The minimum absolute atomic E-state index is 0.332. The van der Waals surface area contributed by atoms with Gasteiger partial charge < -0.3 is 0 Å². The van der Waals surface area contributed by atoms with E-state index in [0.717, 1.165) is 12.0 Å². The molecule has 0 N–H and O–H groups in total. The first-order chi connectivity index (χ1) is 8.69. The Morgan fingerprint density at radius 3 is 2.11 bits per heavy atom. The molecule has 0 saturated carbocycles. The molecule has 18 heavy (non-hydrogen) atoms. The van der Waals surface area contributed by atoms with Crippen LogP contribution in [0, 0.1) is 5.92 Å². The van der Waals surface area contributed by atoms with Crippen LogP contribution in [0.25, 0.3) is 0 Å². The summed E-state index contributed by atoms with van der Waals surface area (Å²) in [6, 6.07) is 0.739. The van der Waals surface area contributed by atoms with Gasteiger partial charge in [-0.05, 0) is 0 Å². The van der Waals surface area contributed by atoms with Gasteiger partial charge in [0.25, 0.3) is 0 Å². The molecule has 0 atom stereocenters. The van der Waals surface area contributed by atoms with E-state index in [1.807, 2.05) is 0 Å². The molecule has 2 fully saturated rings. The molecule has 0 aromatic carbocycles. The Bertz CT molecular complexity index is 231. The van der Waals surface area contributed by atoms with Crippen LogP contribution in [0.3, 0.4) is 0 Å². The van der Waals surface area contributed by atoms with Gasteiger partial charge in [-0.3, -0.25) is 0 Å². The summed E-state index contributed by atoms with van der Waals surface area (Å²) in [5.74, 6) is 0.961. The normalized spacial score (nSPS) is 26.2. The molecule has 3 nitrogen and oxygen atoms in total. The van der Waals surface area contributed by atoms with Crippen molar-refractivity contribution < 1.29 is 21.5 Å². The van der Waals surface area contributed by atoms with Crippen molar-refractivity contribution in [2.45, 2.75) is 32.7 Å². The molecule has 4 heteroatoms. The van der Waals surface area contributed by atoms with Crippen LogP contribution in [0.15, 0.2) is 0 Å². The Balaban J connectivity index is 1.66. The van der Waals surface area contributed by atoms with Crippen molar-refractivity contribution in [2.75, 3.05) is 50.7 Å². The first-order valence-electron chi connectivity index (χ1n) is 7.40. The van der Waals surface area contributed by atoms with E-state index < -0.39 is 0 Å². The van der Waals surface area contributed by atoms with Gasteiger partial charge in [-0.1, -0.05) is 0 Å². The summed E-state index contributed by atoms with van der Waals surface area (Å²) in [6.45, 7) is 14.0. The van der Waals surface area contributed by atoms with Gasteiger partial charge in [0.15, 0.2) is 0 Å². The quantitative estimate of drug-likeness (QED) is 0.336. The molecule has 0 aromatic rings. The van der Waals surface area contributed by atoms with Crippen LogP contribution in [0.2, 0.25) is 0 Å². The molecule has 0 bridgehead atoms. The fraction of sp³-hybridized carbons (Fsp3) is 1.00. The number of piperidine rings is 1. The molecule has 0 aliphatic carbocycles. The molecule has 2 aliphatic rings. The van der Waals surface area contributed by atoms with E-state index in [2.05, 4.69) is 31.7 Å². The third kappa shape index (κ3) is 4.32. The SMILES string of the molecule is C[I-]N1CCN(CC2CCN(C(C)C)CC2)CC1. The summed E-state index contributed by atoms with van der Waals surface area (Å²) in [4.78, 5) is 7.73. The van der Waals surface area contributed by atoms with Gasteiger partial charge in [-0.2, -0.15) is 0 Å². The average Bonchev–Trinajstić information content (AvgIpc) is 2.40. The number of hydrogen-bond donors (Lipinski definition) is 0. The number of hydrogen-bond acceptors (Lipinski definition) is 3. The van der Waals surface area contributed by atoms with Gasteiger partial charge in [-0.25, -0.2) is 0 Å². The van der Waals surface area contributed by atoms with Crippen LogP contribution < -0.4 is 21.5 Å². The van der Waals surface area contributed by atoms with Crippen molar-refractivity contribution in [2.24, 2.45) is 5.92 Å². The molecule has 0 amide bonds. The molecule has 0 spiro atoms. The average molecular weight is 366 g/mol. The Hall–Kier alpha value is 0.610. The minimum atomic E-state index is 0.332. The summed E-state index contributed by atoms with van der Waals surface area (Å²) < 4.78 is 2.68. The monoisotopic (exact) mass is 366 g/mol. The second kappa shape index (κ2) is 7.41. The van der Waals surface area contributed by atoms with Crippen LogP contribution in [0.1, 0.15) is 26.7 Å². The van der Waals surface area contributed by atoms with Crippen molar-refractivity contribution in [3.63, 3.8) is 0 Å². The summed E-state index contributed by atoms with van der Waals surface area (Å²) in [6.07, 6.45) is 2.83. The van der Waals surface area contributed by atoms with Gasteiger partial charge in [0, 0.05) is 0 Å². The molecule has 2 heterocycles. The molecular formula is C14H29IN3-. The molecule has 2 aliphatic heterocycles. The van der Waals surface area contributed by atoms with Crippen molar-refractivity contribution >= 4 is 0 Å². The first-order valence-corrected chi connectivity index (χ1v) is 10.5. The number of halogens is 1. The van der Waals surface area contributed by atoms with Gasteiger partial charge in [-0.15, -0.1) is 0 Å². The van der Waals surface area contributed by atoms with Crippen LogP contribution in [-0.4, -0.2) is 69.7 Å². The van der Waals surface area contributed by atoms with Crippen LogP contribution in [0.4, 0.5) is 0 Å². The summed E-state index contributed by atoms with van der Waals surface area (Å²) in [7, 11) is 0. The Kier molecular flexibility index (Phi) is 6.18. The van der Waals surface area contributed by atoms with Crippen molar-refractivity contribution in [1.82, 2.24) is 12.9 Å². The second-order valence-electron chi connectivity index (χ2n) is 5.95. The number of piperazine rings is 1. The third-order valence-electron chi connectivity index (χ3n) is 4.45. The zero-order valence-electron chi connectivity index (χ0n) is 12.2. The zero-order valence-corrected chi connectivity index (χ0v) is 14.4. The number of rotatable bonds is 4. The molecule has 108 valence electrons. The van der Waals surface area contributed by atoms with Crippen molar-refractivity contribution in [3.8, 4) is 0 Å². The summed E-state index contributed by atoms with van der Waals surface area (Å²) >= 11 is 0.332. The van der Waals surface area contributed by atoms with E-state index in [0.29, 0.717) is 21.5 Å². The Labute approximate surface area is 123 Å². The van der Waals surface area contributed by atoms with E-state index in [9.17, 15) is 0 Å². The molecule has 0 unspecified atom stereocenters. The fourth-order valence-electron chi connectivity index (χ4n) is 3.09. The zero-order chi connectivity index (χ0) is 13.0. The first kappa shape index (κ1) is 15.0. The van der Waals surface area contributed by atoms with Gasteiger partial charge in [0.05, 0.1) is 0 Å². The topological polar surface area (TPSA) is 9.72 Å². The standard InChI is InChI=1S/C14H29IN3/c1-13(2)17-6-4-14(5-7-17)12-16-8-10-18(15-3)11-9-16/h13-14H,4-12H2,1-3H3/q-1. The maximum absolute atomic E-state index is 2.71. The fourth-order valence-corrected chi connectivity index (χ4v) is 4.49. The van der Waals surface area contributed by atoms with E-state index >= 15 is 0 Å². The summed E-state index contributed by atoms with van der Waals surface area (Å²) in [5, 5.41) is 0. The predicted octanol–water partition coefficient (Wildman–Crippen LogP) is -1.64. The van der Waals surface area contributed by atoms with Crippen molar-refractivity contribution in [1.29, 1.82) is 0 Å². The molecule has 0 radical (unpaired) electrons. The number of alkyl halides is 1. The van der Waals surface area contributed by atoms with E-state index in [1.54, 1.807) is 0 Å². The van der Waals surface area contributed by atoms with Crippen LogP contribution in [-0.2, 0) is 0 Å². The summed E-state index contributed by atoms with van der Waals surface area (Å²) in [5.41, 5.74) is 0. The van der Waals surface area contributed by atoms with Gasteiger partial charge >= 0.3 is 124 Å². The predicted molar refractivity (Wildman–Crippen MR) is 73.4 cm³/mol. The third-order valence-corrected chi connectivity index (χ3v) is 6.78. The number of likely N-dealkylation sites (tertiary alicyclic amines) is 1. The number of nitrogens with zero attached hydrogens (tertiary/aromatic N) is 3. The Morgan fingerprint density at radius 2 is 1.61 bits per heavy atom. The van der Waals surface area contributed by atoms with E-state index in [1.165, 1.54) is 58.7 Å². The molecular weight excluding hydrogens is 337 g/mol. The molecule has 0 aromatic heterocycles.